The molecule has 8 nitrogen and oxygen atoms in total. The Morgan fingerprint density at radius 1 is 1.11 bits per heavy atom. The second kappa shape index (κ2) is 11.0. The fourth-order valence-corrected chi connectivity index (χ4v) is 7.04. The van der Waals surface area contributed by atoms with Crippen LogP contribution in [0.25, 0.3) is 10.2 Å². The lowest BCUT2D eigenvalue weighted by Gasteiger charge is -2.30. The average Bonchev–Trinajstić information content (AvgIpc) is 3.54. The van der Waals surface area contributed by atoms with E-state index in [0.29, 0.717) is 43.4 Å². The SMILES string of the molecule is CCN(CC)CCN(C(=O)C1CCCN1S(=O)(=O)c1ccc(OC)cc1)c1nc2ccccc2s1. The fourth-order valence-electron chi connectivity index (χ4n) is 4.39. The summed E-state index contributed by atoms with van der Waals surface area (Å²) in [7, 11) is -2.30. The molecule has 3 aromatic rings. The van der Waals surface area contributed by atoms with Crippen LogP contribution < -0.4 is 9.64 Å². The van der Waals surface area contributed by atoms with Gasteiger partial charge in [0.1, 0.15) is 11.8 Å². The highest BCUT2D eigenvalue weighted by atomic mass is 32.2. The topological polar surface area (TPSA) is 83.0 Å². The van der Waals surface area contributed by atoms with Crippen molar-refractivity contribution in [3.8, 4) is 5.75 Å². The van der Waals surface area contributed by atoms with Crippen LogP contribution >= 0.6 is 11.3 Å². The predicted octanol–water partition coefficient (Wildman–Crippen LogP) is 3.83. The van der Waals surface area contributed by atoms with Crippen LogP contribution in [0, 0.1) is 0 Å². The molecule has 35 heavy (non-hydrogen) atoms. The van der Waals surface area contributed by atoms with Crippen molar-refractivity contribution in [3.63, 3.8) is 0 Å². The molecule has 1 saturated heterocycles. The number of carbonyl (C=O) groups excluding carboxylic acids is 1. The van der Waals surface area contributed by atoms with Crippen molar-refractivity contribution in [2.45, 2.75) is 37.6 Å². The molecule has 1 aliphatic heterocycles. The first kappa shape index (κ1) is 25.6. The van der Waals surface area contributed by atoms with E-state index >= 15 is 0 Å². The summed E-state index contributed by atoms with van der Waals surface area (Å²) in [5.74, 6) is 0.363. The van der Waals surface area contributed by atoms with Gasteiger partial charge in [-0.2, -0.15) is 4.31 Å². The zero-order valence-corrected chi connectivity index (χ0v) is 22.0. The monoisotopic (exact) mass is 516 g/mol. The summed E-state index contributed by atoms with van der Waals surface area (Å²) in [4.78, 5) is 22.8. The van der Waals surface area contributed by atoms with Gasteiger partial charge in [-0.15, -0.1) is 0 Å². The highest BCUT2D eigenvalue weighted by molar-refractivity contribution is 7.89. The van der Waals surface area contributed by atoms with Crippen LogP contribution in [0.15, 0.2) is 53.4 Å². The van der Waals surface area contributed by atoms with Crippen LogP contribution in [0.2, 0.25) is 0 Å². The number of hydrogen-bond acceptors (Lipinski definition) is 7. The van der Waals surface area contributed by atoms with E-state index in [1.165, 1.54) is 34.9 Å². The Hall–Kier alpha value is -2.53. The van der Waals surface area contributed by atoms with Crippen molar-refractivity contribution in [1.82, 2.24) is 14.2 Å². The van der Waals surface area contributed by atoms with Gasteiger partial charge in [0.25, 0.3) is 0 Å². The molecule has 1 amide bonds. The normalized spacial score (nSPS) is 16.7. The number of methoxy groups -OCH3 is 1. The Morgan fingerprint density at radius 2 is 1.83 bits per heavy atom. The van der Waals surface area contributed by atoms with E-state index in [4.69, 9.17) is 9.72 Å². The number of nitrogens with zero attached hydrogens (tertiary/aromatic N) is 4. The summed E-state index contributed by atoms with van der Waals surface area (Å²) in [6.45, 7) is 7.38. The Labute approximate surface area is 211 Å². The smallest absolute Gasteiger partial charge is 0.247 e. The molecule has 1 aliphatic rings. The Kier molecular flexibility index (Phi) is 8.05. The first-order chi connectivity index (χ1) is 16.9. The second-order valence-corrected chi connectivity index (χ2v) is 11.3. The van der Waals surface area contributed by atoms with Gasteiger partial charge in [0.2, 0.25) is 15.9 Å². The van der Waals surface area contributed by atoms with Crippen molar-refractivity contribution in [1.29, 1.82) is 0 Å². The molecule has 0 N–H and O–H groups in total. The van der Waals surface area contributed by atoms with E-state index in [1.807, 2.05) is 24.3 Å². The number of likely N-dealkylation sites (N-methyl/N-ethyl adjacent to an activating group) is 1. The molecule has 1 aromatic heterocycles. The fraction of sp³-hybridized carbons (Fsp3) is 0.440. The van der Waals surface area contributed by atoms with Gasteiger partial charge in [-0.25, -0.2) is 13.4 Å². The van der Waals surface area contributed by atoms with Gasteiger partial charge in [-0.1, -0.05) is 37.3 Å². The second-order valence-electron chi connectivity index (χ2n) is 8.43. The molecule has 0 radical (unpaired) electrons. The summed E-state index contributed by atoms with van der Waals surface area (Å²) < 4.78 is 34.5. The largest absolute Gasteiger partial charge is 0.497 e. The standard InChI is InChI=1S/C25H32N4O4S2/c1-4-27(5-2)17-18-28(25-26-21-9-6-7-11-23(21)34-25)24(30)22-10-8-16-29(22)35(31,32)20-14-12-19(33-3)13-15-20/h6-7,9,11-15,22H,4-5,8,10,16-18H2,1-3H3. The van der Waals surface area contributed by atoms with E-state index < -0.39 is 16.1 Å². The van der Waals surface area contributed by atoms with Crippen molar-refractivity contribution in [2.75, 3.05) is 44.7 Å². The predicted molar refractivity (Wildman–Crippen MR) is 140 cm³/mol. The third-order valence-corrected chi connectivity index (χ3v) is 9.45. The number of amides is 1. The Balaban J connectivity index is 1.65. The molecule has 2 heterocycles. The lowest BCUT2D eigenvalue weighted by Crippen LogP contribution is -2.49. The lowest BCUT2D eigenvalue weighted by atomic mass is 10.2. The van der Waals surface area contributed by atoms with E-state index in [9.17, 15) is 13.2 Å². The third-order valence-electron chi connectivity index (χ3n) is 6.47. The molecular formula is C25H32N4O4S2. The highest BCUT2D eigenvalue weighted by Crippen LogP contribution is 2.33. The van der Waals surface area contributed by atoms with Crippen molar-refractivity contribution in [3.05, 3.63) is 48.5 Å². The maximum atomic E-state index is 13.9. The number of ether oxygens (including phenoxy) is 1. The molecular weight excluding hydrogens is 484 g/mol. The van der Waals surface area contributed by atoms with Gasteiger partial charge in [-0.05, 0) is 62.3 Å². The first-order valence-electron chi connectivity index (χ1n) is 11.9. The van der Waals surface area contributed by atoms with Crippen LogP contribution in [0.1, 0.15) is 26.7 Å². The van der Waals surface area contributed by atoms with Crippen LogP contribution in [-0.2, 0) is 14.8 Å². The zero-order chi connectivity index (χ0) is 25.0. The van der Waals surface area contributed by atoms with Crippen LogP contribution in [0.4, 0.5) is 5.13 Å². The maximum absolute atomic E-state index is 13.9. The number of benzene rings is 2. The minimum Gasteiger partial charge on any atom is -0.497 e. The van der Waals surface area contributed by atoms with E-state index in [-0.39, 0.29) is 10.8 Å². The summed E-state index contributed by atoms with van der Waals surface area (Å²) in [6, 6.07) is 13.3. The molecule has 1 atom stereocenters. The third kappa shape index (κ3) is 5.35. The molecule has 2 aromatic carbocycles. The number of aromatic nitrogens is 1. The quantitative estimate of drug-likeness (QED) is 0.407. The van der Waals surface area contributed by atoms with E-state index in [2.05, 4.69) is 18.7 Å². The van der Waals surface area contributed by atoms with Crippen molar-refractivity contribution < 1.29 is 17.9 Å². The number of sulfonamides is 1. The average molecular weight is 517 g/mol. The maximum Gasteiger partial charge on any atom is 0.247 e. The summed E-state index contributed by atoms with van der Waals surface area (Å²) in [6.07, 6.45) is 1.12. The van der Waals surface area contributed by atoms with Gasteiger partial charge in [0.05, 0.1) is 22.2 Å². The Morgan fingerprint density at radius 3 is 2.49 bits per heavy atom. The number of hydrogen-bond donors (Lipinski definition) is 0. The minimum absolute atomic E-state index is 0.160. The van der Waals surface area contributed by atoms with Crippen molar-refractivity contribution >= 4 is 42.6 Å². The highest BCUT2D eigenvalue weighted by Gasteiger charge is 2.42. The van der Waals surface area contributed by atoms with Gasteiger partial charge in [0, 0.05) is 19.6 Å². The summed E-state index contributed by atoms with van der Waals surface area (Å²) in [5, 5.41) is 0.608. The van der Waals surface area contributed by atoms with E-state index in [1.54, 1.807) is 17.0 Å². The molecule has 4 rings (SSSR count). The minimum atomic E-state index is -3.84. The number of fused-ring (bicyclic) bond motifs is 1. The van der Waals surface area contributed by atoms with Crippen molar-refractivity contribution in [2.24, 2.45) is 0 Å². The summed E-state index contributed by atoms with van der Waals surface area (Å²) in [5.41, 5.74) is 0.835. The molecule has 1 fully saturated rings. The molecule has 0 spiro atoms. The molecule has 0 bridgehead atoms. The number of para-hydroxylation sites is 1. The molecule has 0 saturated carbocycles. The van der Waals surface area contributed by atoms with Crippen LogP contribution in [0.5, 0.6) is 5.75 Å². The van der Waals surface area contributed by atoms with E-state index in [0.717, 1.165) is 23.3 Å². The molecule has 188 valence electrons. The van der Waals surface area contributed by atoms with Gasteiger partial charge < -0.3 is 9.64 Å². The number of anilines is 1. The molecule has 10 heteroatoms. The number of rotatable bonds is 10. The Bertz CT molecular complexity index is 1220. The van der Waals surface area contributed by atoms with Gasteiger partial charge in [-0.3, -0.25) is 9.69 Å². The van der Waals surface area contributed by atoms with Crippen LogP contribution in [-0.4, -0.2) is 74.4 Å². The molecule has 1 unspecified atom stereocenters. The summed E-state index contributed by atoms with van der Waals surface area (Å²) >= 11 is 1.46. The zero-order valence-electron chi connectivity index (χ0n) is 20.4. The number of thiazole rings is 1. The molecule has 0 aliphatic carbocycles. The number of carbonyl (C=O) groups is 1. The van der Waals surface area contributed by atoms with Gasteiger partial charge in [0.15, 0.2) is 5.13 Å². The van der Waals surface area contributed by atoms with Crippen LogP contribution in [0.3, 0.4) is 0 Å². The van der Waals surface area contributed by atoms with Gasteiger partial charge >= 0.3 is 0 Å². The lowest BCUT2D eigenvalue weighted by molar-refractivity contribution is -0.121. The first-order valence-corrected chi connectivity index (χ1v) is 14.2.